The van der Waals surface area contributed by atoms with Gasteiger partial charge in [0.15, 0.2) is 0 Å². The van der Waals surface area contributed by atoms with Gasteiger partial charge in [0.1, 0.15) is 5.82 Å². The lowest BCUT2D eigenvalue weighted by molar-refractivity contribution is 0.0958. The van der Waals surface area contributed by atoms with Crippen LogP contribution in [0.15, 0.2) is 18.3 Å². The Bertz CT molecular complexity index is 528. The van der Waals surface area contributed by atoms with E-state index in [1.807, 2.05) is 6.07 Å². The van der Waals surface area contributed by atoms with Gasteiger partial charge in [-0.1, -0.05) is 5.92 Å². The SMILES string of the molecule is C#CCNC(=O)c1ccc(N2CCN(C[C@@H](C)O)CC2)nc1. The number of rotatable bonds is 5. The summed E-state index contributed by atoms with van der Waals surface area (Å²) < 4.78 is 0. The van der Waals surface area contributed by atoms with Crippen molar-refractivity contribution in [2.24, 2.45) is 0 Å². The predicted octanol–water partition coefficient (Wildman–Crippen LogP) is -0.0526. The first kappa shape index (κ1) is 16.3. The third-order valence-corrected chi connectivity index (χ3v) is 3.58. The van der Waals surface area contributed by atoms with E-state index in [4.69, 9.17) is 6.42 Å². The van der Waals surface area contributed by atoms with E-state index in [0.29, 0.717) is 12.1 Å². The van der Waals surface area contributed by atoms with Crippen molar-refractivity contribution in [1.29, 1.82) is 0 Å². The Labute approximate surface area is 131 Å². The van der Waals surface area contributed by atoms with Gasteiger partial charge in [0.2, 0.25) is 0 Å². The van der Waals surface area contributed by atoms with Crippen LogP contribution in [0.4, 0.5) is 5.82 Å². The van der Waals surface area contributed by atoms with Gasteiger partial charge in [0.05, 0.1) is 18.2 Å². The highest BCUT2D eigenvalue weighted by Crippen LogP contribution is 2.14. The van der Waals surface area contributed by atoms with E-state index in [2.05, 4.69) is 26.0 Å². The fourth-order valence-corrected chi connectivity index (χ4v) is 2.47. The Balaban J connectivity index is 1.89. The van der Waals surface area contributed by atoms with Crippen molar-refractivity contribution >= 4 is 11.7 Å². The molecule has 0 radical (unpaired) electrons. The van der Waals surface area contributed by atoms with Crippen LogP contribution in [0.3, 0.4) is 0 Å². The summed E-state index contributed by atoms with van der Waals surface area (Å²) in [6.45, 7) is 6.25. The molecular weight excluding hydrogens is 280 g/mol. The topological polar surface area (TPSA) is 68.7 Å². The number of anilines is 1. The molecule has 0 unspecified atom stereocenters. The van der Waals surface area contributed by atoms with Crippen LogP contribution in [0.2, 0.25) is 0 Å². The molecule has 0 spiro atoms. The lowest BCUT2D eigenvalue weighted by Crippen LogP contribution is -2.48. The number of aliphatic hydroxyl groups excluding tert-OH is 1. The van der Waals surface area contributed by atoms with Gasteiger partial charge in [-0.15, -0.1) is 6.42 Å². The number of hydrogen-bond donors (Lipinski definition) is 2. The number of piperazine rings is 1. The molecule has 2 N–H and O–H groups in total. The maximum atomic E-state index is 11.7. The molecule has 22 heavy (non-hydrogen) atoms. The number of aliphatic hydroxyl groups is 1. The van der Waals surface area contributed by atoms with Crippen LogP contribution < -0.4 is 10.2 Å². The minimum atomic E-state index is -0.300. The normalized spacial score (nSPS) is 16.9. The fraction of sp³-hybridized carbons (Fsp3) is 0.500. The molecule has 2 rings (SSSR count). The van der Waals surface area contributed by atoms with Gasteiger partial charge < -0.3 is 15.3 Å². The Hall–Kier alpha value is -2.10. The third kappa shape index (κ3) is 4.45. The van der Waals surface area contributed by atoms with Gasteiger partial charge in [-0.05, 0) is 19.1 Å². The number of hydrogen-bond acceptors (Lipinski definition) is 5. The summed E-state index contributed by atoms with van der Waals surface area (Å²) >= 11 is 0. The summed E-state index contributed by atoms with van der Waals surface area (Å²) in [5.41, 5.74) is 0.506. The van der Waals surface area contributed by atoms with Crippen molar-refractivity contribution in [3.8, 4) is 12.3 Å². The highest BCUT2D eigenvalue weighted by atomic mass is 16.3. The summed E-state index contributed by atoms with van der Waals surface area (Å²) in [6.07, 6.45) is 6.38. The summed E-state index contributed by atoms with van der Waals surface area (Å²) in [5.74, 6) is 3.02. The molecule has 118 valence electrons. The van der Waals surface area contributed by atoms with E-state index in [1.165, 1.54) is 0 Å². The van der Waals surface area contributed by atoms with E-state index in [9.17, 15) is 9.90 Å². The van der Waals surface area contributed by atoms with Crippen LogP contribution in [-0.4, -0.2) is 66.3 Å². The number of aromatic nitrogens is 1. The van der Waals surface area contributed by atoms with Gasteiger partial charge in [-0.2, -0.15) is 0 Å². The van der Waals surface area contributed by atoms with Crippen molar-refractivity contribution < 1.29 is 9.90 Å². The van der Waals surface area contributed by atoms with Crippen molar-refractivity contribution in [3.05, 3.63) is 23.9 Å². The van der Waals surface area contributed by atoms with Crippen LogP contribution in [0.5, 0.6) is 0 Å². The quantitative estimate of drug-likeness (QED) is 0.746. The van der Waals surface area contributed by atoms with Crippen molar-refractivity contribution in [1.82, 2.24) is 15.2 Å². The molecule has 1 saturated heterocycles. The molecule has 6 heteroatoms. The zero-order valence-electron chi connectivity index (χ0n) is 12.8. The van der Waals surface area contributed by atoms with E-state index >= 15 is 0 Å². The molecule has 1 aliphatic heterocycles. The molecule has 1 amide bonds. The summed E-state index contributed by atoms with van der Waals surface area (Å²) in [4.78, 5) is 20.5. The molecule has 1 atom stereocenters. The standard InChI is InChI=1S/C16H22N4O2/c1-3-6-17-16(22)14-4-5-15(18-11-14)20-9-7-19(8-10-20)12-13(2)21/h1,4-5,11,13,21H,6-10,12H2,2H3,(H,17,22)/t13-/m1/s1. The Morgan fingerprint density at radius 3 is 2.73 bits per heavy atom. The van der Waals surface area contributed by atoms with Gasteiger partial charge in [0, 0.05) is 38.9 Å². The Morgan fingerprint density at radius 1 is 1.45 bits per heavy atom. The number of carbonyl (C=O) groups is 1. The van der Waals surface area contributed by atoms with E-state index < -0.39 is 0 Å². The summed E-state index contributed by atoms with van der Waals surface area (Å²) in [7, 11) is 0. The van der Waals surface area contributed by atoms with E-state index in [0.717, 1.165) is 32.0 Å². The molecule has 0 aromatic carbocycles. The van der Waals surface area contributed by atoms with Crippen LogP contribution >= 0.6 is 0 Å². The number of carbonyl (C=O) groups excluding carboxylic acids is 1. The number of nitrogens with zero attached hydrogens (tertiary/aromatic N) is 3. The smallest absolute Gasteiger partial charge is 0.253 e. The second kappa shape index (κ2) is 7.78. The molecule has 1 fully saturated rings. The second-order valence-electron chi connectivity index (χ2n) is 5.43. The highest BCUT2D eigenvalue weighted by Gasteiger charge is 2.19. The summed E-state index contributed by atoms with van der Waals surface area (Å²) in [5, 5.41) is 12.0. The number of terminal acetylenes is 1. The highest BCUT2D eigenvalue weighted by molar-refractivity contribution is 5.94. The zero-order valence-corrected chi connectivity index (χ0v) is 12.8. The molecule has 6 nitrogen and oxygen atoms in total. The first-order valence-corrected chi connectivity index (χ1v) is 7.43. The maximum Gasteiger partial charge on any atom is 0.253 e. The van der Waals surface area contributed by atoms with E-state index in [1.54, 1.807) is 19.2 Å². The molecule has 0 bridgehead atoms. The first-order valence-electron chi connectivity index (χ1n) is 7.43. The lowest BCUT2D eigenvalue weighted by atomic mass is 10.2. The van der Waals surface area contributed by atoms with Crippen LogP contribution in [-0.2, 0) is 0 Å². The fourth-order valence-electron chi connectivity index (χ4n) is 2.47. The van der Waals surface area contributed by atoms with Gasteiger partial charge in [0.25, 0.3) is 5.91 Å². The van der Waals surface area contributed by atoms with Crippen molar-refractivity contribution in [3.63, 3.8) is 0 Å². The largest absolute Gasteiger partial charge is 0.392 e. The van der Waals surface area contributed by atoms with E-state index in [-0.39, 0.29) is 18.6 Å². The maximum absolute atomic E-state index is 11.7. The second-order valence-corrected chi connectivity index (χ2v) is 5.43. The molecule has 0 aliphatic carbocycles. The molecule has 1 aromatic rings. The molecule has 1 aromatic heterocycles. The number of β-amino-alcohol motifs (C(OH)–C–C–N with tert-alkyl or cyclic N) is 1. The first-order chi connectivity index (χ1) is 10.6. The monoisotopic (exact) mass is 302 g/mol. The van der Waals surface area contributed by atoms with Crippen LogP contribution in [0, 0.1) is 12.3 Å². The van der Waals surface area contributed by atoms with Crippen molar-refractivity contribution in [2.45, 2.75) is 13.0 Å². The third-order valence-electron chi connectivity index (χ3n) is 3.58. The summed E-state index contributed by atoms with van der Waals surface area (Å²) in [6, 6.07) is 3.62. The average molecular weight is 302 g/mol. The minimum Gasteiger partial charge on any atom is -0.392 e. The lowest BCUT2D eigenvalue weighted by Gasteiger charge is -2.35. The Morgan fingerprint density at radius 2 is 2.18 bits per heavy atom. The predicted molar refractivity (Wildman–Crippen MR) is 85.7 cm³/mol. The number of pyridine rings is 1. The molecule has 1 aliphatic rings. The molecule has 0 saturated carbocycles. The van der Waals surface area contributed by atoms with Gasteiger partial charge in [-0.3, -0.25) is 9.69 Å². The Kier molecular flexibility index (Phi) is 5.75. The average Bonchev–Trinajstić information content (AvgIpc) is 2.53. The van der Waals surface area contributed by atoms with Crippen LogP contribution in [0.1, 0.15) is 17.3 Å². The minimum absolute atomic E-state index is 0.209. The molecular formula is C16H22N4O2. The zero-order chi connectivity index (χ0) is 15.9. The number of nitrogens with one attached hydrogen (secondary N) is 1. The molecule has 2 heterocycles. The number of amides is 1. The van der Waals surface area contributed by atoms with Crippen molar-refractivity contribution in [2.75, 3.05) is 44.2 Å². The van der Waals surface area contributed by atoms with Gasteiger partial charge >= 0.3 is 0 Å². The van der Waals surface area contributed by atoms with Crippen LogP contribution in [0.25, 0.3) is 0 Å². The van der Waals surface area contributed by atoms with Gasteiger partial charge in [-0.25, -0.2) is 4.98 Å².